The molecule has 5 nitrogen and oxygen atoms in total. The van der Waals surface area contributed by atoms with Crippen molar-refractivity contribution >= 4 is 11.8 Å². The third kappa shape index (κ3) is 5.12. The van der Waals surface area contributed by atoms with Gasteiger partial charge in [-0.3, -0.25) is 14.6 Å². The van der Waals surface area contributed by atoms with Gasteiger partial charge in [-0.15, -0.1) is 0 Å². The zero-order valence-corrected chi connectivity index (χ0v) is 18.3. The minimum absolute atomic E-state index is 0.0579. The molecule has 2 amide bonds. The highest BCUT2D eigenvalue weighted by Crippen LogP contribution is 2.28. The van der Waals surface area contributed by atoms with E-state index in [1.165, 1.54) is 37.9 Å². The van der Waals surface area contributed by atoms with Crippen LogP contribution in [-0.4, -0.2) is 41.3 Å². The maximum Gasteiger partial charge on any atom is 0.255 e. The van der Waals surface area contributed by atoms with Crippen LogP contribution in [0.1, 0.15) is 71.2 Å². The predicted octanol–water partition coefficient (Wildman–Crippen LogP) is 4.74. The third-order valence-electron chi connectivity index (χ3n) is 6.50. The van der Waals surface area contributed by atoms with Crippen LogP contribution < -0.4 is 5.32 Å². The molecule has 1 heterocycles. The molecule has 2 saturated carbocycles. The molecule has 164 valence electrons. The number of benzene rings is 1. The van der Waals surface area contributed by atoms with Gasteiger partial charge in [0.1, 0.15) is 5.82 Å². The molecule has 2 aromatic rings. The molecule has 6 heteroatoms. The largest absolute Gasteiger partial charge is 0.349 e. The van der Waals surface area contributed by atoms with E-state index in [0.717, 1.165) is 31.7 Å². The van der Waals surface area contributed by atoms with Crippen molar-refractivity contribution < 1.29 is 14.0 Å². The average molecular weight is 424 g/mol. The van der Waals surface area contributed by atoms with Crippen molar-refractivity contribution in [1.82, 2.24) is 15.2 Å². The van der Waals surface area contributed by atoms with E-state index in [9.17, 15) is 14.0 Å². The van der Waals surface area contributed by atoms with Gasteiger partial charge in [-0.2, -0.15) is 0 Å². The van der Waals surface area contributed by atoms with Crippen LogP contribution in [0.4, 0.5) is 4.39 Å². The number of aromatic nitrogens is 1. The van der Waals surface area contributed by atoms with Crippen molar-refractivity contribution in [3.8, 4) is 11.3 Å². The zero-order valence-electron chi connectivity index (χ0n) is 18.3. The molecular weight excluding hydrogens is 393 g/mol. The quantitative estimate of drug-likeness (QED) is 0.700. The molecule has 2 aliphatic rings. The van der Waals surface area contributed by atoms with E-state index < -0.39 is 5.82 Å². The lowest BCUT2D eigenvalue weighted by atomic mass is 10.00. The number of amides is 2. The second kappa shape index (κ2) is 9.16. The number of carbonyl (C=O) groups is 2. The number of halogens is 1. The van der Waals surface area contributed by atoms with Gasteiger partial charge in [-0.25, -0.2) is 4.39 Å². The van der Waals surface area contributed by atoms with Crippen LogP contribution in [0, 0.1) is 18.7 Å². The Morgan fingerprint density at radius 1 is 1.13 bits per heavy atom. The Bertz CT molecular complexity index is 963. The monoisotopic (exact) mass is 423 g/mol. The molecule has 31 heavy (non-hydrogen) atoms. The molecule has 4 rings (SSSR count). The molecule has 0 radical (unpaired) electrons. The zero-order chi connectivity index (χ0) is 22.0. The second-order valence-electron chi connectivity index (χ2n) is 8.98. The number of rotatable bonds is 7. The van der Waals surface area contributed by atoms with Crippen molar-refractivity contribution in [1.29, 1.82) is 0 Å². The molecule has 2 aliphatic carbocycles. The van der Waals surface area contributed by atoms with Gasteiger partial charge in [0.15, 0.2) is 0 Å². The summed E-state index contributed by atoms with van der Waals surface area (Å²) in [6.45, 7) is 2.42. The normalized spacial score (nSPS) is 16.4. The maximum atomic E-state index is 14.5. The number of hydrogen-bond donors (Lipinski definition) is 1. The van der Waals surface area contributed by atoms with E-state index >= 15 is 0 Å². The summed E-state index contributed by atoms with van der Waals surface area (Å²) in [6, 6.07) is 6.60. The molecule has 0 saturated heterocycles. The van der Waals surface area contributed by atoms with Gasteiger partial charge in [0.25, 0.3) is 11.8 Å². The fraction of sp³-hybridized carbons (Fsp3) is 0.480. The van der Waals surface area contributed by atoms with Crippen LogP contribution in [0.15, 0.2) is 30.5 Å². The Balaban J connectivity index is 1.47. The highest BCUT2D eigenvalue weighted by atomic mass is 19.1. The first-order valence-electron chi connectivity index (χ1n) is 11.3. The predicted molar refractivity (Wildman–Crippen MR) is 118 cm³/mol. The topological polar surface area (TPSA) is 62.3 Å². The first kappa shape index (κ1) is 21.5. The van der Waals surface area contributed by atoms with Crippen LogP contribution in [0.5, 0.6) is 0 Å². The van der Waals surface area contributed by atoms with Crippen LogP contribution in [0.25, 0.3) is 11.3 Å². The van der Waals surface area contributed by atoms with Crippen LogP contribution >= 0.6 is 0 Å². The summed E-state index contributed by atoms with van der Waals surface area (Å²) in [5.74, 6) is -0.0269. The van der Waals surface area contributed by atoms with Crippen molar-refractivity contribution in [2.45, 2.75) is 57.9 Å². The number of pyridine rings is 1. The summed E-state index contributed by atoms with van der Waals surface area (Å²) in [5, 5.41) is 2.89. The maximum absolute atomic E-state index is 14.5. The van der Waals surface area contributed by atoms with Gasteiger partial charge in [-0.1, -0.05) is 25.7 Å². The molecule has 0 atom stereocenters. The van der Waals surface area contributed by atoms with E-state index in [1.807, 2.05) is 7.05 Å². The highest BCUT2D eigenvalue weighted by Gasteiger charge is 2.25. The lowest BCUT2D eigenvalue weighted by molar-refractivity contribution is 0.0786. The summed E-state index contributed by atoms with van der Waals surface area (Å²) in [6.07, 6.45) is 9.67. The number of nitrogens with zero attached hydrogens (tertiary/aromatic N) is 2. The fourth-order valence-electron chi connectivity index (χ4n) is 4.25. The first-order valence-corrected chi connectivity index (χ1v) is 11.3. The molecule has 0 spiro atoms. The minimum Gasteiger partial charge on any atom is -0.349 e. The highest BCUT2D eigenvalue weighted by molar-refractivity contribution is 5.96. The molecule has 1 N–H and O–H groups in total. The lowest BCUT2D eigenvalue weighted by Crippen LogP contribution is -2.28. The summed E-state index contributed by atoms with van der Waals surface area (Å²) in [7, 11) is 1.83. The van der Waals surface area contributed by atoms with Crippen LogP contribution in [-0.2, 0) is 0 Å². The van der Waals surface area contributed by atoms with Gasteiger partial charge < -0.3 is 10.2 Å². The van der Waals surface area contributed by atoms with Gasteiger partial charge in [0.2, 0.25) is 0 Å². The van der Waals surface area contributed by atoms with Gasteiger partial charge in [0.05, 0.1) is 11.3 Å². The van der Waals surface area contributed by atoms with Crippen LogP contribution in [0.3, 0.4) is 0 Å². The van der Waals surface area contributed by atoms with Crippen LogP contribution in [0.2, 0.25) is 0 Å². The number of carbonyl (C=O) groups excluding carboxylic acids is 2. The van der Waals surface area contributed by atoms with Crippen molar-refractivity contribution in [2.75, 3.05) is 13.6 Å². The van der Waals surface area contributed by atoms with E-state index in [4.69, 9.17) is 0 Å². The average Bonchev–Trinajstić information content (AvgIpc) is 3.43. The van der Waals surface area contributed by atoms with Crippen molar-refractivity contribution in [3.05, 3.63) is 53.0 Å². The Morgan fingerprint density at radius 3 is 2.52 bits per heavy atom. The van der Waals surface area contributed by atoms with Gasteiger partial charge in [0, 0.05) is 37.0 Å². The number of nitrogens with one attached hydrogen (secondary N) is 1. The smallest absolute Gasteiger partial charge is 0.255 e. The molecule has 1 aromatic heterocycles. The summed E-state index contributed by atoms with van der Waals surface area (Å²) >= 11 is 0. The number of hydrogen-bond acceptors (Lipinski definition) is 3. The molecule has 0 bridgehead atoms. The summed E-state index contributed by atoms with van der Waals surface area (Å²) in [5.41, 5.74) is 2.34. The Kier molecular flexibility index (Phi) is 6.35. The molecular formula is C25H30FN3O2. The summed E-state index contributed by atoms with van der Waals surface area (Å²) in [4.78, 5) is 31.3. The molecule has 0 unspecified atom stereocenters. The van der Waals surface area contributed by atoms with E-state index in [1.54, 1.807) is 30.0 Å². The van der Waals surface area contributed by atoms with E-state index in [0.29, 0.717) is 27.9 Å². The summed E-state index contributed by atoms with van der Waals surface area (Å²) < 4.78 is 14.5. The Morgan fingerprint density at radius 2 is 1.87 bits per heavy atom. The first-order chi connectivity index (χ1) is 14.9. The molecule has 2 fully saturated rings. The Labute approximate surface area is 183 Å². The third-order valence-corrected chi connectivity index (χ3v) is 6.50. The fourth-order valence-corrected chi connectivity index (χ4v) is 4.25. The van der Waals surface area contributed by atoms with Gasteiger partial charge in [-0.05, 0) is 61.9 Å². The SMILES string of the molecule is Cc1c(F)cc(C(=O)NC2CC2)cc1-c1ccc(C(=O)N(C)CCC2CCCC2)cn1. The molecule has 0 aliphatic heterocycles. The van der Waals surface area contributed by atoms with Gasteiger partial charge >= 0.3 is 0 Å². The van der Waals surface area contributed by atoms with E-state index in [-0.39, 0.29) is 17.9 Å². The molecule has 1 aromatic carbocycles. The van der Waals surface area contributed by atoms with Crippen molar-refractivity contribution in [3.63, 3.8) is 0 Å². The van der Waals surface area contributed by atoms with Crippen molar-refractivity contribution in [2.24, 2.45) is 5.92 Å². The van der Waals surface area contributed by atoms with E-state index in [2.05, 4.69) is 10.3 Å². The minimum atomic E-state index is -0.438. The Hall–Kier alpha value is -2.76. The second-order valence-corrected chi connectivity index (χ2v) is 8.98. The standard InChI is InChI=1S/C25H30FN3O2/c1-16-21(13-19(14-22(16)26)24(30)28-20-8-9-20)23-10-7-18(15-27-23)25(31)29(2)12-11-17-5-3-4-6-17/h7,10,13-15,17,20H,3-6,8-9,11-12H2,1-2H3,(H,28,30). The lowest BCUT2D eigenvalue weighted by Gasteiger charge is -2.19.